The third kappa shape index (κ3) is 5.34. The Kier molecular flexibility index (Phi) is 5.83. The van der Waals surface area contributed by atoms with Crippen LogP contribution >= 0.6 is 0 Å². The van der Waals surface area contributed by atoms with E-state index in [2.05, 4.69) is 10.2 Å². The Hall–Kier alpha value is -1.55. The lowest BCUT2D eigenvalue weighted by atomic mass is 9.94. The monoisotopic (exact) mass is 304 g/mol. The first kappa shape index (κ1) is 16.8. The zero-order valence-corrected chi connectivity index (χ0v) is 14.0. The molecule has 0 spiro atoms. The van der Waals surface area contributed by atoms with Gasteiger partial charge in [0.05, 0.1) is 0 Å². The highest BCUT2D eigenvalue weighted by Crippen LogP contribution is 2.16. The molecule has 1 aliphatic heterocycles. The van der Waals surface area contributed by atoms with Gasteiger partial charge in [-0.05, 0) is 25.0 Å². The molecule has 1 saturated heterocycles. The highest BCUT2D eigenvalue weighted by atomic mass is 16.5. The van der Waals surface area contributed by atoms with E-state index in [1.165, 1.54) is 0 Å². The van der Waals surface area contributed by atoms with Gasteiger partial charge in [0, 0.05) is 31.1 Å². The van der Waals surface area contributed by atoms with Crippen molar-refractivity contribution in [2.24, 2.45) is 5.41 Å². The summed E-state index contributed by atoms with van der Waals surface area (Å²) in [5, 5.41) is 3.16. The van der Waals surface area contributed by atoms with Crippen LogP contribution in [0.3, 0.4) is 0 Å². The molecule has 0 bridgehead atoms. The molecule has 4 heteroatoms. The number of carbonyl (C=O) groups excluding carboxylic acids is 1. The first-order chi connectivity index (χ1) is 10.4. The van der Waals surface area contributed by atoms with Crippen molar-refractivity contribution < 1.29 is 9.53 Å². The SMILES string of the molecule is CC(C)(C)C(=O)NC1CCN(CCOc2ccccc2)CC1. The third-order valence-corrected chi connectivity index (χ3v) is 4.02. The zero-order valence-electron chi connectivity index (χ0n) is 14.0. The lowest BCUT2D eigenvalue weighted by molar-refractivity contribution is -0.129. The summed E-state index contributed by atoms with van der Waals surface area (Å²) in [5.74, 6) is 1.08. The van der Waals surface area contributed by atoms with Crippen molar-refractivity contribution in [3.63, 3.8) is 0 Å². The number of piperidine rings is 1. The number of amides is 1. The molecule has 0 saturated carbocycles. The quantitative estimate of drug-likeness (QED) is 0.909. The minimum atomic E-state index is -0.305. The van der Waals surface area contributed by atoms with Gasteiger partial charge < -0.3 is 10.1 Å². The fraction of sp³-hybridized carbons (Fsp3) is 0.611. The molecule has 2 rings (SSSR count). The molecule has 122 valence electrons. The Labute approximate surface area is 133 Å². The minimum Gasteiger partial charge on any atom is -0.492 e. The van der Waals surface area contributed by atoms with Gasteiger partial charge >= 0.3 is 0 Å². The number of ether oxygens (including phenoxy) is 1. The van der Waals surface area contributed by atoms with E-state index in [0.29, 0.717) is 12.6 Å². The van der Waals surface area contributed by atoms with E-state index in [9.17, 15) is 4.79 Å². The average molecular weight is 304 g/mol. The number of rotatable bonds is 5. The van der Waals surface area contributed by atoms with Crippen LogP contribution in [0.2, 0.25) is 0 Å². The molecule has 4 nitrogen and oxygen atoms in total. The summed E-state index contributed by atoms with van der Waals surface area (Å²) in [5.41, 5.74) is -0.305. The molecule has 0 aliphatic carbocycles. The van der Waals surface area contributed by atoms with Gasteiger partial charge in [-0.1, -0.05) is 39.0 Å². The van der Waals surface area contributed by atoms with Crippen LogP contribution in [-0.4, -0.2) is 43.1 Å². The minimum absolute atomic E-state index is 0.151. The van der Waals surface area contributed by atoms with Crippen molar-refractivity contribution in [2.75, 3.05) is 26.2 Å². The first-order valence-electron chi connectivity index (χ1n) is 8.16. The van der Waals surface area contributed by atoms with Crippen LogP contribution in [0.4, 0.5) is 0 Å². The average Bonchev–Trinajstić information content (AvgIpc) is 2.49. The maximum atomic E-state index is 12.0. The summed E-state index contributed by atoms with van der Waals surface area (Å²) < 4.78 is 5.73. The molecule has 1 aliphatic rings. The zero-order chi connectivity index (χ0) is 16.0. The summed E-state index contributed by atoms with van der Waals surface area (Å²) in [4.78, 5) is 14.4. The van der Waals surface area contributed by atoms with Crippen LogP contribution in [0.5, 0.6) is 5.75 Å². The molecule has 0 atom stereocenters. The second-order valence-corrected chi connectivity index (χ2v) is 7.00. The van der Waals surface area contributed by atoms with Crippen LogP contribution in [0.15, 0.2) is 30.3 Å². The maximum absolute atomic E-state index is 12.0. The molecule has 0 radical (unpaired) electrons. The predicted octanol–water partition coefficient (Wildman–Crippen LogP) is 2.69. The third-order valence-electron chi connectivity index (χ3n) is 4.02. The van der Waals surface area contributed by atoms with E-state index in [1.807, 2.05) is 51.1 Å². The van der Waals surface area contributed by atoms with Crippen LogP contribution < -0.4 is 10.1 Å². The van der Waals surface area contributed by atoms with Gasteiger partial charge in [0.25, 0.3) is 0 Å². The van der Waals surface area contributed by atoms with Crippen LogP contribution in [-0.2, 0) is 4.79 Å². The lowest BCUT2D eigenvalue weighted by Crippen LogP contribution is -2.48. The van der Waals surface area contributed by atoms with Gasteiger partial charge in [-0.15, -0.1) is 0 Å². The van der Waals surface area contributed by atoms with Crippen molar-refractivity contribution in [3.05, 3.63) is 30.3 Å². The van der Waals surface area contributed by atoms with E-state index in [1.54, 1.807) is 0 Å². The van der Waals surface area contributed by atoms with Crippen molar-refractivity contribution in [3.8, 4) is 5.75 Å². The van der Waals surface area contributed by atoms with Gasteiger partial charge in [0.1, 0.15) is 12.4 Å². The Morgan fingerprint density at radius 1 is 1.23 bits per heavy atom. The largest absolute Gasteiger partial charge is 0.492 e. The summed E-state index contributed by atoms with van der Waals surface area (Å²) in [6.45, 7) is 9.56. The molecule has 1 aromatic rings. The second kappa shape index (κ2) is 7.63. The van der Waals surface area contributed by atoms with Crippen molar-refractivity contribution >= 4 is 5.91 Å². The highest BCUT2D eigenvalue weighted by molar-refractivity contribution is 5.81. The standard InChI is InChI=1S/C18H28N2O2/c1-18(2,3)17(21)19-15-9-11-20(12-10-15)13-14-22-16-7-5-4-6-8-16/h4-8,15H,9-14H2,1-3H3,(H,19,21). The van der Waals surface area contributed by atoms with Crippen LogP contribution in [0, 0.1) is 5.41 Å². The van der Waals surface area contributed by atoms with E-state index in [4.69, 9.17) is 4.74 Å². The molecule has 1 aromatic carbocycles. The molecular formula is C18H28N2O2. The normalized spacial score (nSPS) is 17.2. The van der Waals surface area contributed by atoms with E-state index >= 15 is 0 Å². The van der Waals surface area contributed by atoms with Crippen molar-refractivity contribution in [2.45, 2.75) is 39.7 Å². The van der Waals surface area contributed by atoms with Gasteiger partial charge in [-0.25, -0.2) is 0 Å². The molecule has 1 amide bonds. The smallest absolute Gasteiger partial charge is 0.225 e. The fourth-order valence-electron chi connectivity index (χ4n) is 2.51. The van der Waals surface area contributed by atoms with Gasteiger partial charge in [0.15, 0.2) is 0 Å². The Balaban J connectivity index is 1.64. The predicted molar refractivity (Wildman–Crippen MR) is 89.0 cm³/mol. The van der Waals surface area contributed by atoms with Crippen LogP contribution in [0.25, 0.3) is 0 Å². The second-order valence-electron chi connectivity index (χ2n) is 7.00. The maximum Gasteiger partial charge on any atom is 0.225 e. The number of carbonyl (C=O) groups is 1. The molecule has 0 aromatic heterocycles. The molecule has 1 heterocycles. The number of likely N-dealkylation sites (tertiary alicyclic amines) is 1. The number of para-hydroxylation sites is 1. The summed E-state index contributed by atoms with van der Waals surface area (Å²) in [6, 6.07) is 10.2. The van der Waals surface area contributed by atoms with Gasteiger partial charge in [-0.3, -0.25) is 9.69 Å². The fourth-order valence-corrected chi connectivity index (χ4v) is 2.51. The first-order valence-corrected chi connectivity index (χ1v) is 8.16. The van der Waals surface area contributed by atoms with E-state index in [-0.39, 0.29) is 11.3 Å². The Morgan fingerprint density at radius 2 is 1.86 bits per heavy atom. The van der Waals surface area contributed by atoms with Crippen LogP contribution in [0.1, 0.15) is 33.6 Å². The number of benzene rings is 1. The molecule has 22 heavy (non-hydrogen) atoms. The topological polar surface area (TPSA) is 41.6 Å². The van der Waals surface area contributed by atoms with Gasteiger partial charge in [0.2, 0.25) is 5.91 Å². The summed E-state index contributed by atoms with van der Waals surface area (Å²) >= 11 is 0. The van der Waals surface area contributed by atoms with Gasteiger partial charge in [-0.2, -0.15) is 0 Å². The van der Waals surface area contributed by atoms with E-state index in [0.717, 1.165) is 38.2 Å². The highest BCUT2D eigenvalue weighted by Gasteiger charge is 2.26. The summed E-state index contributed by atoms with van der Waals surface area (Å²) in [7, 11) is 0. The van der Waals surface area contributed by atoms with E-state index < -0.39 is 0 Å². The Morgan fingerprint density at radius 3 is 2.45 bits per heavy atom. The Bertz CT molecular complexity index is 460. The van der Waals surface area contributed by atoms with Crippen molar-refractivity contribution in [1.29, 1.82) is 0 Å². The number of hydrogen-bond acceptors (Lipinski definition) is 3. The number of nitrogens with zero attached hydrogens (tertiary/aromatic N) is 1. The molecular weight excluding hydrogens is 276 g/mol. The molecule has 0 unspecified atom stereocenters. The number of hydrogen-bond donors (Lipinski definition) is 1. The molecule has 1 fully saturated rings. The summed E-state index contributed by atoms with van der Waals surface area (Å²) in [6.07, 6.45) is 2.04. The number of nitrogens with one attached hydrogen (secondary N) is 1. The van der Waals surface area contributed by atoms with Crippen molar-refractivity contribution in [1.82, 2.24) is 10.2 Å². The molecule has 1 N–H and O–H groups in total. The lowest BCUT2D eigenvalue weighted by Gasteiger charge is -2.33.